The Kier molecular flexibility index (Phi) is 4.43. The third-order valence-corrected chi connectivity index (χ3v) is 3.82. The van der Waals surface area contributed by atoms with Gasteiger partial charge in [0.05, 0.1) is 6.10 Å². The lowest BCUT2D eigenvalue weighted by atomic mass is 9.96. The fraction of sp³-hybridized carbons (Fsp3) is 0.294. The van der Waals surface area contributed by atoms with Gasteiger partial charge in [0.1, 0.15) is 0 Å². The van der Waals surface area contributed by atoms with Crippen molar-refractivity contribution in [2.24, 2.45) is 0 Å². The minimum Gasteiger partial charge on any atom is -0.388 e. The van der Waals surface area contributed by atoms with Crippen LogP contribution in [0.1, 0.15) is 33.9 Å². The van der Waals surface area contributed by atoms with Crippen molar-refractivity contribution < 1.29 is 5.11 Å². The van der Waals surface area contributed by atoms with Crippen LogP contribution >= 0.6 is 15.9 Å². The molecular formula is C17H19BrO. The quantitative estimate of drug-likeness (QED) is 0.873. The van der Waals surface area contributed by atoms with E-state index in [-0.39, 0.29) is 0 Å². The van der Waals surface area contributed by atoms with Gasteiger partial charge in [-0.3, -0.25) is 0 Å². The molecule has 2 rings (SSSR count). The Morgan fingerprint density at radius 1 is 1.00 bits per heavy atom. The first-order valence-electron chi connectivity index (χ1n) is 6.47. The highest BCUT2D eigenvalue weighted by Gasteiger charge is 2.11. The number of aryl methyl sites for hydroxylation is 3. The summed E-state index contributed by atoms with van der Waals surface area (Å²) in [7, 11) is 0. The van der Waals surface area contributed by atoms with E-state index in [1.54, 1.807) is 0 Å². The van der Waals surface area contributed by atoms with Gasteiger partial charge >= 0.3 is 0 Å². The van der Waals surface area contributed by atoms with Gasteiger partial charge in [0.15, 0.2) is 0 Å². The van der Waals surface area contributed by atoms with Gasteiger partial charge in [0.2, 0.25) is 0 Å². The molecule has 0 spiro atoms. The lowest BCUT2D eigenvalue weighted by Gasteiger charge is -2.14. The van der Waals surface area contributed by atoms with Crippen LogP contribution in [0.4, 0.5) is 0 Å². The Morgan fingerprint density at radius 3 is 2.42 bits per heavy atom. The van der Waals surface area contributed by atoms with E-state index in [1.807, 2.05) is 25.1 Å². The Morgan fingerprint density at radius 2 is 1.74 bits per heavy atom. The van der Waals surface area contributed by atoms with Crippen molar-refractivity contribution >= 4 is 15.9 Å². The van der Waals surface area contributed by atoms with Crippen LogP contribution in [0, 0.1) is 20.8 Å². The van der Waals surface area contributed by atoms with Crippen LogP contribution in [-0.2, 0) is 6.42 Å². The topological polar surface area (TPSA) is 20.2 Å². The molecule has 0 aliphatic heterocycles. The second kappa shape index (κ2) is 5.89. The Bertz CT molecular complexity index is 570. The standard InChI is InChI=1S/C17H19BrO/c1-11-4-5-13(3)14(6-11)10-17(19)15-7-12(2)8-16(18)9-15/h4-9,17,19H,10H2,1-3H3. The minimum atomic E-state index is -0.461. The maximum Gasteiger partial charge on any atom is 0.0830 e. The van der Waals surface area contributed by atoms with Gasteiger partial charge in [0, 0.05) is 10.9 Å². The van der Waals surface area contributed by atoms with Gasteiger partial charge in [-0.1, -0.05) is 45.8 Å². The lowest BCUT2D eigenvalue weighted by molar-refractivity contribution is 0.178. The molecule has 19 heavy (non-hydrogen) atoms. The zero-order valence-electron chi connectivity index (χ0n) is 11.6. The molecule has 100 valence electrons. The summed E-state index contributed by atoms with van der Waals surface area (Å²) >= 11 is 3.48. The van der Waals surface area contributed by atoms with Gasteiger partial charge in [-0.25, -0.2) is 0 Å². The fourth-order valence-corrected chi connectivity index (χ4v) is 2.93. The number of rotatable bonds is 3. The smallest absolute Gasteiger partial charge is 0.0830 e. The highest BCUT2D eigenvalue weighted by Crippen LogP contribution is 2.25. The molecule has 2 aromatic carbocycles. The third kappa shape index (κ3) is 3.68. The fourth-order valence-electron chi connectivity index (χ4n) is 2.30. The summed E-state index contributed by atoms with van der Waals surface area (Å²) in [6.07, 6.45) is 0.195. The van der Waals surface area contributed by atoms with Crippen molar-refractivity contribution in [1.82, 2.24) is 0 Å². The molecule has 0 aromatic heterocycles. The van der Waals surface area contributed by atoms with E-state index in [1.165, 1.54) is 16.7 Å². The van der Waals surface area contributed by atoms with Crippen LogP contribution in [0.15, 0.2) is 40.9 Å². The summed E-state index contributed by atoms with van der Waals surface area (Å²) in [5.74, 6) is 0. The first-order chi connectivity index (χ1) is 8.95. The van der Waals surface area contributed by atoms with E-state index in [0.717, 1.165) is 15.6 Å². The molecule has 0 fully saturated rings. The molecule has 2 heteroatoms. The molecule has 0 saturated carbocycles. The maximum absolute atomic E-state index is 10.4. The molecule has 0 radical (unpaired) electrons. The summed E-state index contributed by atoms with van der Waals surface area (Å²) in [5.41, 5.74) is 5.80. The first kappa shape index (κ1) is 14.3. The molecule has 0 aliphatic carbocycles. The second-order valence-corrected chi connectivity index (χ2v) is 6.13. The molecule has 2 aromatic rings. The Hall–Kier alpha value is -1.12. The van der Waals surface area contributed by atoms with Crippen LogP contribution < -0.4 is 0 Å². The molecule has 0 saturated heterocycles. The summed E-state index contributed by atoms with van der Waals surface area (Å²) in [4.78, 5) is 0. The van der Waals surface area contributed by atoms with Crippen molar-refractivity contribution in [3.05, 3.63) is 68.7 Å². The van der Waals surface area contributed by atoms with Crippen LogP contribution in [0.2, 0.25) is 0 Å². The Labute approximate surface area is 123 Å². The molecule has 0 heterocycles. The number of hydrogen-bond donors (Lipinski definition) is 1. The van der Waals surface area contributed by atoms with E-state index in [9.17, 15) is 5.11 Å². The van der Waals surface area contributed by atoms with E-state index in [2.05, 4.69) is 48.0 Å². The van der Waals surface area contributed by atoms with Crippen molar-refractivity contribution in [3.8, 4) is 0 Å². The predicted molar refractivity (Wildman–Crippen MR) is 83.5 cm³/mol. The predicted octanol–water partition coefficient (Wildman–Crippen LogP) is 4.65. The van der Waals surface area contributed by atoms with Crippen LogP contribution in [0.25, 0.3) is 0 Å². The average molecular weight is 319 g/mol. The van der Waals surface area contributed by atoms with Crippen LogP contribution in [-0.4, -0.2) is 5.11 Å². The highest BCUT2D eigenvalue weighted by molar-refractivity contribution is 9.10. The molecule has 0 aliphatic rings. The van der Waals surface area contributed by atoms with Gasteiger partial charge in [-0.2, -0.15) is 0 Å². The highest BCUT2D eigenvalue weighted by atomic mass is 79.9. The zero-order chi connectivity index (χ0) is 14.0. The Balaban J connectivity index is 2.25. The normalized spacial score (nSPS) is 12.5. The SMILES string of the molecule is Cc1cc(Br)cc(C(O)Cc2cc(C)ccc2C)c1. The molecular weight excluding hydrogens is 300 g/mol. The van der Waals surface area contributed by atoms with Crippen molar-refractivity contribution in [2.45, 2.75) is 33.3 Å². The third-order valence-electron chi connectivity index (χ3n) is 3.37. The van der Waals surface area contributed by atoms with Gasteiger partial charge < -0.3 is 5.11 Å². The minimum absolute atomic E-state index is 0.461. The molecule has 0 amide bonds. The molecule has 1 N–H and O–H groups in total. The van der Waals surface area contributed by atoms with Crippen LogP contribution in [0.3, 0.4) is 0 Å². The molecule has 1 atom stereocenters. The number of halogens is 1. The second-order valence-electron chi connectivity index (χ2n) is 5.21. The molecule has 1 unspecified atom stereocenters. The van der Waals surface area contributed by atoms with E-state index >= 15 is 0 Å². The number of aliphatic hydroxyl groups is 1. The molecule has 0 bridgehead atoms. The number of aliphatic hydroxyl groups excluding tert-OH is 1. The summed E-state index contributed by atoms with van der Waals surface area (Å²) in [6, 6.07) is 12.5. The van der Waals surface area contributed by atoms with Crippen molar-refractivity contribution in [3.63, 3.8) is 0 Å². The maximum atomic E-state index is 10.4. The number of hydrogen-bond acceptors (Lipinski definition) is 1. The van der Waals surface area contributed by atoms with Gasteiger partial charge in [-0.05, 0) is 55.2 Å². The zero-order valence-corrected chi connectivity index (χ0v) is 13.2. The summed E-state index contributed by atoms with van der Waals surface area (Å²) in [5, 5.41) is 10.4. The van der Waals surface area contributed by atoms with E-state index < -0.39 is 6.10 Å². The molecule has 1 nitrogen and oxygen atoms in total. The number of benzene rings is 2. The summed E-state index contributed by atoms with van der Waals surface area (Å²) in [6.45, 7) is 6.21. The average Bonchev–Trinajstić information content (AvgIpc) is 2.32. The van der Waals surface area contributed by atoms with Crippen molar-refractivity contribution in [2.75, 3.05) is 0 Å². The van der Waals surface area contributed by atoms with Gasteiger partial charge in [-0.15, -0.1) is 0 Å². The van der Waals surface area contributed by atoms with E-state index in [0.29, 0.717) is 6.42 Å². The largest absolute Gasteiger partial charge is 0.388 e. The van der Waals surface area contributed by atoms with Crippen LogP contribution in [0.5, 0.6) is 0 Å². The monoisotopic (exact) mass is 318 g/mol. The van der Waals surface area contributed by atoms with Crippen molar-refractivity contribution in [1.29, 1.82) is 0 Å². The van der Waals surface area contributed by atoms with Gasteiger partial charge in [0.25, 0.3) is 0 Å². The lowest BCUT2D eigenvalue weighted by Crippen LogP contribution is -2.04. The summed E-state index contributed by atoms with van der Waals surface area (Å²) < 4.78 is 1.02. The van der Waals surface area contributed by atoms with E-state index in [4.69, 9.17) is 0 Å². The first-order valence-corrected chi connectivity index (χ1v) is 7.26.